The maximum Gasteiger partial charge on any atom is 0.123 e. The summed E-state index contributed by atoms with van der Waals surface area (Å²) in [6.07, 6.45) is 2.42. The largest absolute Gasteiger partial charge is 0.490 e. The number of halogens is 1. The van der Waals surface area contributed by atoms with Gasteiger partial charge in [-0.25, -0.2) is 4.39 Å². The summed E-state index contributed by atoms with van der Waals surface area (Å²) in [7, 11) is 0. The molecule has 0 radical (unpaired) electrons. The molecule has 2 nitrogen and oxygen atoms in total. The second-order valence-electron chi connectivity index (χ2n) is 5.10. The number of piperidine rings is 1. The van der Waals surface area contributed by atoms with Crippen LogP contribution in [-0.2, 0) is 0 Å². The van der Waals surface area contributed by atoms with E-state index >= 15 is 0 Å². The van der Waals surface area contributed by atoms with E-state index in [1.165, 1.54) is 12.1 Å². The molecule has 1 aliphatic rings. The van der Waals surface area contributed by atoms with Crippen molar-refractivity contribution in [3.05, 3.63) is 54.3 Å². The normalized spacial score (nSPS) is 16.1. The molecule has 1 heterocycles. The van der Waals surface area contributed by atoms with E-state index in [0.717, 1.165) is 42.8 Å². The molecule has 0 aliphatic carbocycles. The van der Waals surface area contributed by atoms with Crippen molar-refractivity contribution < 1.29 is 9.13 Å². The molecule has 0 aromatic heterocycles. The summed E-state index contributed by atoms with van der Waals surface area (Å²) in [5.41, 5.74) is 2.09. The van der Waals surface area contributed by atoms with E-state index in [2.05, 4.69) is 5.32 Å². The highest BCUT2D eigenvalue weighted by atomic mass is 19.1. The number of nitrogens with one attached hydrogen (secondary N) is 1. The predicted molar refractivity (Wildman–Crippen MR) is 78.4 cm³/mol. The molecule has 2 aromatic rings. The smallest absolute Gasteiger partial charge is 0.123 e. The molecule has 104 valence electrons. The molecule has 0 saturated carbocycles. The van der Waals surface area contributed by atoms with Crippen LogP contribution in [0.2, 0.25) is 0 Å². The summed E-state index contributed by atoms with van der Waals surface area (Å²) < 4.78 is 18.9. The molecule has 0 atom stereocenters. The summed E-state index contributed by atoms with van der Waals surface area (Å²) in [5, 5.41) is 3.33. The van der Waals surface area contributed by atoms with Crippen molar-refractivity contribution in [2.24, 2.45) is 0 Å². The molecule has 1 aliphatic heterocycles. The van der Waals surface area contributed by atoms with Gasteiger partial charge in [0.15, 0.2) is 0 Å². The fourth-order valence-electron chi connectivity index (χ4n) is 2.47. The highest BCUT2D eigenvalue weighted by Gasteiger charge is 2.14. The van der Waals surface area contributed by atoms with Gasteiger partial charge in [-0.3, -0.25) is 0 Å². The number of ether oxygens (including phenoxy) is 1. The average Bonchev–Trinajstić information content (AvgIpc) is 2.50. The lowest BCUT2D eigenvalue weighted by atomic mass is 10.1. The number of hydrogen-bond donors (Lipinski definition) is 1. The van der Waals surface area contributed by atoms with Crippen LogP contribution in [0.25, 0.3) is 11.1 Å². The Balaban J connectivity index is 1.69. The van der Waals surface area contributed by atoms with Crippen LogP contribution < -0.4 is 10.1 Å². The van der Waals surface area contributed by atoms with Gasteiger partial charge in [0, 0.05) is 0 Å². The molecule has 3 rings (SSSR count). The molecule has 1 N–H and O–H groups in total. The molecule has 0 spiro atoms. The minimum atomic E-state index is -0.209. The monoisotopic (exact) mass is 271 g/mol. The molecule has 20 heavy (non-hydrogen) atoms. The zero-order valence-corrected chi connectivity index (χ0v) is 11.3. The lowest BCUT2D eigenvalue weighted by Crippen LogP contribution is -2.34. The third kappa shape index (κ3) is 3.17. The highest BCUT2D eigenvalue weighted by Crippen LogP contribution is 2.24. The van der Waals surface area contributed by atoms with Crippen molar-refractivity contribution in [2.75, 3.05) is 13.1 Å². The molecule has 0 unspecified atom stereocenters. The number of rotatable bonds is 3. The Bertz CT molecular complexity index is 544. The Morgan fingerprint density at radius 3 is 2.00 bits per heavy atom. The van der Waals surface area contributed by atoms with Gasteiger partial charge in [-0.2, -0.15) is 0 Å². The van der Waals surface area contributed by atoms with Crippen molar-refractivity contribution >= 4 is 0 Å². The summed E-state index contributed by atoms with van der Waals surface area (Å²) >= 11 is 0. The molecule has 3 heteroatoms. The van der Waals surface area contributed by atoms with Gasteiger partial charge in [0.2, 0.25) is 0 Å². The van der Waals surface area contributed by atoms with Crippen LogP contribution in [0.4, 0.5) is 4.39 Å². The van der Waals surface area contributed by atoms with Crippen LogP contribution in [-0.4, -0.2) is 19.2 Å². The van der Waals surface area contributed by atoms with E-state index in [-0.39, 0.29) is 5.82 Å². The van der Waals surface area contributed by atoms with Gasteiger partial charge in [0.05, 0.1) is 0 Å². The Labute approximate surface area is 118 Å². The van der Waals surface area contributed by atoms with Gasteiger partial charge in [0.25, 0.3) is 0 Å². The van der Waals surface area contributed by atoms with Crippen molar-refractivity contribution in [1.29, 1.82) is 0 Å². The Hall–Kier alpha value is -1.87. The summed E-state index contributed by atoms with van der Waals surface area (Å²) in [6, 6.07) is 14.5. The second kappa shape index (κ2) is 6.06. The lowest BCUT2D eigenvalue weighted by Gasteiger charge is -2.23. The first-order chi connectivity index (χ1) is 9.81. The molecular formula is C17H18FNO. The third-order valence-corrected chi connectivity index (χ3v) is 3.62. The zero-order chi connectivity index (χ0) is 13.8. The van der Waals surface area contributed by atoms with E-state index in [1.54, 1.807) is 12.1 Å². The minimum Gasteiger partial charge on any atom is -0.490 e. The first kappa shape index (κ1) is 13.1. The van der Waals surface area contributed by atoms with Crippen LogP contribution in [0.15, 0.2) is 48.5 Å². The fourth-order valence-corrected chi connectivity index (χ4v) is 2.47. The summed E-state index contributed by atoms with van der Waals surface area (Å²) in [6.45, 7) is 2.05. The van der Waals surface area contributed by atoms with Crippen LogP contribution in [0.1, 0.15) is 12.8 Å². The first-order valence-corrected chi connectivity index (χ1v) is 7.05. The second-order valence-corrected chi connectivity index (χ2v) is 5.10. The number of benzene rings is 2. The van der Waals surface area contributed by atoms with Crippen molar-refractivity contribution in [1.82, 2.24) is 5.32 Å². The maximum absolute atomic E-state index is 12.9. The molecule has 1 saturated heterocycles. The van der Waals surface area contributed by atoms with Crippen molar-refractivity contribution in [2.45, 2.75) is 18.9 Å². The van der Waals surface area contributed by atoms with Gasteiger partial charge >= 0.3 is 0 Å². The Morgan fingerprint density at radius 2 is 1.40 bits per heavy atom. The molecule has 2 aromatic carbocycles. The third-order valence-electron chi connectivity index (χ3n) is 3.62. The first-order valence-electron chi connectivity index (χ1n) is 7.05. The van der Waals surface area contributed by atoms with Crippen LogP contribution in [0, 0.1) is 5.82 Å². The summed E-state index contributed by atoms with van der Waals surface area (Å²) in [4.78, 5) is 0. The minimum absolute atomic E-state index is 0.209. The summed E-state index contributed by atoms with van der Waals surface area (Å²) in [5.74, 6) is 0.697. The van der Waals surface area contributed by atoms with Gasteiger partial charge in [0.1, 0.15) is 17.7 Å². The fraction of sp³-hybridized carbons (Fsp3) is 0.294. The SMILES string of the molecule is Fc1ccc(-c2ccc(OC3CCNCC3)cc2)cc1. The van der Waals surface area contributed by atoms with E-state index in [1.807, 2.05) is 24.3 Å². The molecule has 1 fully saturated rings. The highest BCUT2D eigenvalue weighted by molar-refractivity contribution is 5.63. The Morgan fingerprint density at radius 1 is 0.850 bits per heavy atom. The molecule has 0 amide bonds. The van der Waals surface area contributed by atoms with Gasteiger partial charge in [-0.1, -0.05) is 24.3 Å². The van der Waals surface area contributed by atoms with Crippen LogP contribution in [0.3, 0.4) is 0 Å². The quantitative estimate of drug-likeness (QED) is 0.920. The predicted octanol–water partition coefficient (Wildman–Crippen LogP) is 3.62. The number of hydrogen-bond acceptors (Lipinski definition) is 2. The average molecular weight is 271 g/mol. The molecular weight excluding hydrogens is 253 g/mol. The molecule has 0 bridgehead atoms. The Kier molecular flexibility index (Phi) is 3.97. The lowest BCUT2D eigenvalue weighted by molar-refractivity contribution is 0.162. The van der Waals surface area contributed by atoms with Crippen LogP contribution >= 0.6 is 0 Å². The van der Waals surface area contributed by atoms with E-state index in [9.17, 15) is 4.39 Å². The van der Waals surface area contributed by atoms with E-state index < -0.39 is 0 Å². The van der Waals surface area contributed by atoms with E-state index in [0.29, 0.717) is 6.10 Å². The van der Waals surface area contributed by atoms with Gasteiger partial charge < -0.3 is 10.1 Å². The topological polar surface area (TPSA) is 21.3 Å². The standard InChI is InChI=1S/C17H18FNO/c18-15-5-1-13(2-6-15)14-3-7-16(8-4-14)20-17-9-11-19-12-10-17/h1-8,17,19H,9-12H2. The van der Waals surface area contributed by atoms with E-state index in [4.69, 9.17) is 4.74 Å². The maximum atomic E-state index is 12.9. The van der Waals surface area contributed by atoms with Crippen molar-refractivity contribution in [3.63, 3.8) is 0 Å². The van der Waals surface area contributed by atoms with Crippen LogP contribution in [0.5, 0.6) is 5.75 Å². The van der Waals surface area contributed by atoms with Crippen molar-refractivity contribution in [3.8, 4) is 16.9 Å². The van der Waals surface area contributed by atoms with Gasteiger partial charge in [-0.05, 0) is 61.3 Å². The zero-order valence-electron chi connectivity index (χ0n) is 11.3. The van der Waals surface area contributed by atoms with Gasteiger partial charge in [-0.15, -0.1) is 0 Å².